The molecule has 2 atom stereocenters. The standard InChI is InChI=1S/C24H30ClF2N5O.2ClH/c1-15(2)28-13-19(17-4-6-18(25)7-5-17)23(33)32-10-8-31(9-11-32)22-20-16(3)12-24(26,27)21(20)29-14-30-22;;/h4-7,14-16,19,28H,8-13H2,1-3H3;2*1H/t16-,19-;;/m1../s1. The first-order valence-corrected chi connectivity index (χ1v) is 11.8. The first-order valence-electron chi connectivity index (χ1n) is 11.4. The molecule has 1 fully saturated rings. The van der Waals surface area contributed by atoms with Gasteiger partial charge in [-0.25, -0.2) is 9.97 Å². The number of fused-ring (bicyclic) bond motifs is 1. The lowest BCUT2D eigenvalue weighted by molar-refractivity contribution is -0.133. The van der Waals surface area contributed by atoms with Gasteiger partial charge < -0.3 is 15.1 Å². The third-order valence-electron chi connectivity index (χ3n) is 6.46. The number of nitrogens with zero attached hydrogens (tertiary/aromatic N) is 4. The van der Waals surface area contributed by atoms with Crippen LogP contribution in [-0.2, 0) is 10.7 Å². The van der Waals surface area contributed by atoms with Crippen LogP contribution in [0.3, 0.4) is 0 Å². The van der Waals surface area contributed by atoms with Crippen molar-refractivity contribution in [1.82, 2.24) is 20.2 Å². The van der Waals surface area contributed by atoms with Gasteiger partial charge in [-0.05, 0) is 23.6 Å². The van der Waals surface area contributed by atoms with Gasteiger partial charge in [0.15, 0.2) is 0 Å². The minimum Gasteiger partial charge on any atom is -0.353 e. The van der Waals surface area contributed by atoms with Crippen LogP contribution in [0.15, 0.2) is 30.6 Å². The predicted octanol–water partition coefficient (Wildman–Crippen LogP) is 5.00. The van der Waals surface area contributed by atoms with Crippen molar-refractivity contribution in [2.24, 2.45) is 0 Å². The fourth-order valence-electron chi connectivity index (χ4n) is 4.72. The molecule has 1 aliphatic heterocycles. The number of nitrogens with one attached hydrogen (secondary N) is 1. The van der Waals surface area contributed by atoms with Crippen molar-refractivity contribution in [3.63, 3.8) is 0 Å². The summed E-state index contributed by atoms with van der Waals surface area (Å²) in [4.78, 5) is 25.6. The van der Waals surface area contributed by atoms with Gasteiger partial charge in [0, 0.05) is 55.8 Å². The number of hydrogen-bond acceptors (Lipinski definition) is 5. The van der Waals surface area contributed by atoms with E-state index < -0.39 is 5.92 Å². The number of anilines is 1. The van der Waals surface area contributed by atoms with E-state index in [4.69, 9.17) is 11.6 Å². The summed E-state index contributed by atoms with van der Waals surface area (Å²) in [6, 6.07) is 7.65. The molecule has 0 radical (unpaired) electrons. The van der Waals surface area contributed by atoms with Crippen LogP contribution in [0.2, 0.25) is 5.02 Å². The van der Waals surface area contributed by atoms with E-state index in [9.17, 15) is 13.6 Å². The van der Waals surface area contributed by atoms with E-state index in [1.54, 1.807) is 19.1 Å². The van der Waals surface area contributed by atoms with Crippen LogP contribution in [0.4, 0.5) is 14.6 Å². The van der Waals surface area contributed by atoms with Gasteiger partial charge in [0.05, 0.1) is 5.92 Å². The summed E-state index contributed by atoms with van der Waals surface area (Å²) >= 11 is 6.04. The fourth-order valence-corrected chi connectivity index (χ4v) is 4.85. The Morgan fingerprint density at radius 1 is 1.14 bits per heavy atom. The molecule has 0 spiro atoms. The zero-order valence-corrected chi connectivity index (χ0v) is 22.4. The molecule has 1 saturated heterocycles. The number of carbonyl (C=O) groups is 1. The van der Waals surface area contributed by atoms with Crippen LogP contribution >= 0.6 is 36.4 Å². The van der Waals surface area contributed by atoms with Crippen LogP contribution in [0.1, 0.15) is 55.8 Å². The monoisotopic (exact) mass is 549 g/mol. The van der Waals surface area contributed by atoms with Crippen LogP contribution < -0.4 is 10.2 Å². The zero-order chi connectivity index (χ0) is 23.8. The highest BCUT2D eigenvalue weighted by Crippen LogP contribution is 2.49. The van der Waals surface area contributed by atoms with Gasteiger partial charge in [0.25, 0.3) is 5.92 Å². The summed E-state index contributed by atoms with van der Waals surface area (Å²) < 4.78 is 28.7. The molecule has 1 aromatic carbocycles. The second-order valence-electron chi connectivity index (χ2n) is 9.25. The largest absolute Gasteiger partial charge is 0.353 e. The molecule has 1 amide bonds. The van der Waals surface area contributed by atoms with Crippen molar-refractivity contribution in [2.45, 2.75) is 51.0 Å². The van der Waals surface area contributed by atoms with Crippen LogP contribution in [0.25, 0.3) is 0 Å². The molecule has 194 valence electrons. The Labute approximate surface area is 222 Å². The third kappa shape index (κ3) is 6.34. The SMILES string of the molecule is CC(C)NC[C@@H](C(=O)N1CCN(c2ncnc3c2[C@H](C)CC3(F)F)CC1)c1ccc(Cl)cc1.Cl.Cl. The number of carbonyl (C=O) groups excluding carboxylic acids is 1. The topological polar surface area (TPSA) is 61.4 Å². The van der Waals surface area contributed by atoms with Crippen LogP contribution in [0, 0.1) is 0 Å². The molecule has 35 heavy (non-hydrogen) atoms. The summed E-state index contributed by atoms with van der Waals surface area (Å²) in [6.07, 6.45) is 0.990. The van der Waals surface area contributed by atoms with Crippen molar-refractivity contribution in [3.05, 3.63) is 52.4 Å². The Kier molecular flexibility index (Phi) is 10.1. The molecule has 0 unspecified atom stereocenters. The summed E-state index contributed by atoms with van der Waals surface area (Å²) in [5.41, 5.74) is 1.31. The molecule has 1 N–H and O–H groups in total. The second kappa shape index (κ2) is 12.0. The minimum atomic E-state index is -2.92. The number of rotatable bonds is 6. The maximum atomic E-state index is 14.3. The number of aromatic nitrogens is 2. The molecule has 1 aromatic heterocycles. The first kappa shape index (κ1) is 29.5. The Hall–Kier alpha value is -1.74. The molecule has 11 heteroatoms. The van der Waals surface area contributed by atoms with Gasteiger partial charge >= 0.3 is 0 Å². The molecular weight excluding hydrogens is 519 g/mol. The average molecular weight is 551 g/mol. The van der Waals surface area contributed by atoms with Crippen molar-refractivity contribution in [2.75, 3.05) is 37.6 Å². The van der Waals surface area contributed by atoms with E-state index in [-0.39, 0.29) is 60.7 Å². The molecular formula is C24H32Cl3F2N5O. The van der Waals surface area contributed by atoms with Crippen molar-refractivity contribution < 1.29 is 13.6 Å². The molecule has 6 nitrogen and oxygen atoms in total. The lowest BCUT2D eigenvalue weighted by atomic mass is 9.96. The lowest BCUT2D eigenvalue weighted by Crippen LogP contribution is -2.51. The second-order valence-corrected chi connectivity index (χ2v) is 9.69. The van der Waals surface area contributed by atoms with Crippen molar-refractivity contribution >= 4 is 48.1 Å². The minimum absolute atomic E-state index is 0. The average Bonchev–Trinajstić information content (AvgIpc) is 3.03. The number of benzene rings is 1. The summed E-state index contributed by atoms with van der Waals surface area (Å²) in [5, 5.41) is 4.01. The Balaban J connectivity index is 0.00000216. The maximum Gasteiger partial charge on any atom is 0.290 e. The Morgan fingerprint density at radius 2 is 1.77 bits per heavy atom. The van der Waals surface area contributed by atoms with Gasteiger partial charge in [-0.15, -0.1) is 24.8 Å². The number of halogens is 5. The van der Waals surface area contributed by atoms with Crippen molar-refractivity contribution in [1.29, 1.82) is 0 Å². The van der Waals surface area contributed by atoms with E-state index in [0.717, 1.165) is 5.56 Å². The predicted molar refractivity (Wildman–Crippen MR) is 140 cm³/mol. The highest BCUT2D eigenvalue weighted by molar-refractivity contribution is 6.30. The van der Waals surface area contributed by atoms with Crippen LogP contribution in [0.5, 0.6) is 0 Å². The molecule has 4 rings (SSSR count). The van der Waals surface area contributed by atoms with E-state index in [2.05, 4.69) is 15.3 Å². The Bertz CT molecular complexity index is 1000. The zero-order valence-electron chi connectivity index (χ0n) is 20.0. The number of hydrogen-bond donors (Lipinski definition) is 1. The highest BCUT2D eigenvalue weighted by atomic mass is 35.5. The van der Waals surface area contributed by atoms with Gasteiger partial charge in [-0.1, -0.05) is 44.5 Å². The number of amides is 1. The van der Waals surface area contributed by atoms with E-state index >= 15 is 0 Å². The highest BCUT2D eigenvalue weighted by Gasteiger charge is 2.47. The van der Waals surface area contributed by atoms with Gasteiger partial charge in [0.1, 0.15) is 17.8 Å². The quantitative estimate of drug-likeness (QED) is 0.548. The van der Waals surface area contributed by atoms with Crippen LogP contribution in [-0.4, -0.2) is 59.5 Å². The van der Waals surface area contributed by atoms with E-state index in [1.165, 1.54) is 6.33 Å². The molecule has 2 aromatic rings. The first-order chi connectivity index (χ1) is 15.7. The maximum absolute atomic E-state index is 14.3. The number of piperazine rings is 1. The van der Waals surface area contributed by atoms with Crippen molar-refractivity contribution in [3.8, 4) is 0 Å². The summed E-state index contributed by atoms with van der Waals surface area (Å²) in [7, 11) is 0. The summed E-state index contributed by atoms with van der Waals surface area (Å²) in [5.74, 6) is -2.91. The molecule has 2 heterocycles. The molecule has 1 aliphatic carbocycles. The van der Waals surface area contributed by atoms with E-state index in [0.29, 0.717) is 49.1 Å². The number of alkyl halides is 2. The third-order valence-corrected chi connectivity index (χ3v) is 6.71. The Morgan fingerprint density at radius 3 is 2.37 bits per heavy atom. The van der Waals surface area contributed by atoms with Gasteiger partial charge in [-0.2, -0.15) is 8.78 Å². The normalized spacial score (nSPS) is 19.6. The van der Waals surface area contributed by atoms with E-state index in [1.807, 2.05) is 35.8 Å². The lowest BCUT2D eigenvalue weighted by Gasteiger charge is -2.38. The smallest absolute Gasteiger partial charge is 0.290 e. The fraction of sp³-hybridized carbons (Fsp3) is 0.542. The van der Waals surface area contributed by atoms with Gasteiger partial charge in [0.2, 0.25) is 5.91 Å². The van der Waals surface area contributed by atoms with Gasteiger partial charge in [-0.3, -0.25) is 4.79 Å². The molecule has 0 saturated carbocycles. The molecule has 2 aliphatic rings. The summed E-state index contributed by atoms with van der Waals surface area (Å²) in [6.45, 7) is 8.52. The molecule has 0 bridgehead atoms.